The van der Waals surface area contributed by atoms with E-state index in [-0.39, 0.29) is 0 Å². The summed E-state index contributed by atoms with van der Waals surface area (Å²) >= 11 is -1.84. The molecule has 160 valence electrons. The molecule has 0 amide bonds. The maximum Gasteiger partial charge on any atom is 0.692 e. The fourth-order valence-electron chi connectivity index (χ4n) is 3.35. The van der Waals surface area contributed by atoms with Crippen LogP contribution < -0.4 is 17.7 Å². The summed E-state index contributed by atoms with van der Waals surface area (Å²) in [6.07, 6.45) is 0. The van der Waals surface area contributed by atoms with E-state index in [1.165, 1.54) is 17.7 Å². The van der Waals surface area contributed by atoms with E-state index in [1.807, 2.05) is 0 Å². The van der Waals surface area contributed by atoms with Gasteiger partial charge in [0.2, 0.25) is 0 Å². The highest BCUT2D eigenvalue weighted by Gasteiger charge is 2.15. The molecule has 2 N–H and O–H groups in total. The minimum atomic E-state index is -2.87. The van der Waals surface area contributed by atoms with Crippen LogP contribution >= 0.6 is 8.25 Å². The Morgan fingerprint density at radius 2 is 0.625 bits per heavy atom. The Bertz CT molecular complexity index is 870. The van der Waals surface area contributed by atoms with Crippen LogP contribution in [0, 0.1) is 0 Å². The molecule has 0 aliphatic rings. The first kappa shape index (κ1) is 26.2. The Morgan fingerprint density at radius 3 is 0.781 bits per heavy atom. The Hall–Kier alpha value is -2.04. The smallest absolute Gasteiger partial charge is 0.134 e. The third kappa shape index (κ3) is 9.62. The van der Waals surface area contributed by atoms with Crippen LogP contribution in [0.15, 0.2) is 121 Å². The minimum Gasteiger partial charge on any atom is -0.134 e. The van der Waals surface area contributed by atoms with Crippen LogP contribution in [0.2, 0.25) is 11.6 Å². The summed E-state index contributed by atoms with van der Waals surface area (Å²) < 4.78 is 14.8. The van der Waals surface area contributed by atoms with Gasteiger partial charge in [0.25, 0.3) is 0 Å². The van der Waals surface area contributed by atoms with Crippen molar-refractivity contribution in [1.82, 2.24) is 0 Å². The molecule has 0 fully saturated rings. The second-order valence-corrected chi connectivity index (χ2v) is 13.4. The van der Waals surface area contributed by atoms with E-state index in [0.29, 0.717) is 0 Å². The van der Waals surface area contributed by atoms with Crippen molar-refractivity contribution in [1.29, 1.82) is 0 Å². The van der Waals surface area contributed by atoms with Gasteiger partial charge in [0, 0.05) is 4.57 Å². The molecule has 0 radical (unpaired) electrons. The summed E-state index contributed by atoms with van der Waals surface area (Å²) in [6.45, 7) is 0. The van der Waals surface area contributed by atoms with Crippen LogP contribution in [0.1, 0.15) is 0 Å². The Labute approximate surface area is 200 Å². The predicted molar refractivity (Wildman–Crippen MR) is 140 cm³/mol. The van der Waals surface area contributed by atoms with Gasteiger partial charge in [-0.3, -0.25) is 0 Å². The predicted octanol–water partition coefficient (Wildman–Crippen LogP) is 3.48. The molecule has 0 aromatic heterocycles. The van der Waals surface area contributed by atoms with Crippen LogP contribution in [-0.2, 0) is 4.57 Å². The molecule has 0 aliphatic carbocycles. The van der Waals surface area contributed by atoms with Crippen LogP contribution in [-0.4, -0.2) is 38.1 Å². The lowest BCUT2D eigenvalue weighted by Crippen LogP contribution is -2.38. The quantitative estimate of drug-likeness (QED) is 0.353. The fraction of sp³-hybridized carbons (Fsp3) is 0.0769. The van der Waals surface area contributed by atoms with E-state index in [9.17, 15) is 0 Å². The third-order valence-electron chi connectivity index (χ3n) is 5.20. The van der Waals surface area contributed by atoms with E-state index in [1.54, 1.807) is 0 Å². The zero-order valence-corrected chi connectivity index (χ0v) is 21.7. The average molecular weight is 473 g/mol. The van der Waals surface area contributed by atoms with Crippen molar-refractivity contribution in [2.45, 2.75) is 11.6 Å². The lowest BCUT2D eigenvalue weighted by atomic mass is 10.4. The fourth-order valence-corrected chi connectivity index (χ4v) is 7.32. The maximum atomic E-state index is 8.70. The maximum absolute atomic E-state index is 8.70. The van der Waals surface area contributed by atoms with Crippen LogP contribution in [0.5, 0.6) is 0 Å². The van der Waals surface area contributed by atoms with Gasteiger partial charge >= 0.3 is 36.6 Å². The SMILES string of the molecule is O=[P+](O)O.[CH3][Al]([c]1ccccc1)[c]1ccccc1.[CH3][Al]([c]1ccccc1)[c]1ccccc1. The molecule has 4 aromatic rings. The summed E-state index contributed by atoms with van der Waals surface area (Å²) in [6, 6.07) is 43.2. The lowest BCUT2D eigenvalue weighted by molar-refractivity contribution is 0.405. The number of hydrogen-bond acceptors (Lipinski definition) is 1. The summed E-state index contributed by atoms with van der Waals surface area (Å²) in [5.41, 5.74) is 0. The summed E-state index contributed by atoms with van der Waals surface area (Å²) in [4.78, 5) is 14.2. The normalized spacial score (nSPS) is 9.38. The molecule has 4 rings (SSSR count). The average Bonchev–Trinajstić information content (AvgIpc) is 2.85. The highest BCUT2D eigenvalue weighted by atomic mass is 31.1. The van der Waals surface area contributed by atoms with Crippen molar-refractivity contribution >= 4 is 54.3 Å². The van der Waals surface area contributed by atoms with Crippen molar-refractivity contribution in [2.75, 3.05) is 0 Å². The Kier molecular flexibility index (Phi) is 12.2. The third-order valence-corrected chi connectivity index (χ3v) is 10.7. The van der Waals surface area contributed by atoms with Gasteiger partial charge in [0.15, 0.2) is 0 Å². The van der Waals surface area contributed by atoms with Gasteiger partial charge in [-0.2, -0.15) is 0 Å². The number of benzene rings is 4. The van der Waals surface area contributed by atoms with Gasteiger partial charge in [-0.25, -0.2) is 0 Å². The molecule has 0 saturated carbocycles. The van der Waals surface area contributed by atoms with Crippen LogP contribution in [0.25, 0.3) is 0 Å². The van der Waals surface area contributed by atoms with E-state index in [2.05, 4.69) is 133 Å². The van der Waals surface area contributed by atoms with Gasteiger partial charge in [-0.15, -0.1) is 27.5 Å². The van der Waals surface area contributed by atoms with Crippen molar-refractivity contribution in [3.8, 4) is 0 Å². The van der Waals surface area contributed by atoms with Crippen molar-refractivity contribution in [3.63, 3.8) is 0 Å². The Balaban J connectivity index is 0.000000195. The molecule has 4 aromatic carbocycles. The van der Waals surface area contributed by atoms with Gasteiger partial charge in [-0.1, -0.05) is 133 Å². The van der Waals surface area contributed by atoms with Crippen LogP contribution in [0.3, 0.4) is 0 Å². The molecular formula is C26H28Al2O3P+. The summed E-state index contributed by atoms with van der Waals surface area (Å²) in [5.74, 6) is 4.76. The molecule has 0 atom stereocenters. The van der Waals surface area contributed by atoms with E-state index in [4.69, 9.17) is 14.4 Å². The highest BCUT2D eigenvalue weighted by Crippen LogP contribution is 1.98. The molecule has 0 saturated heterocycles. The largest absolute Gasteiger partial charge is 0.692 e. The topological polar surface area (TPSA) is 57.5 Å². The zero-order chi connectivity index (χ0) is 23.2. The molecular weight excluding hydrogens is 445 g/mol. The number of rotatable bonds is 4. The first-order chi connectivity index (χ1) is 15.5. The van der Waals surface area contributed by atoms with E-state index >= 15 is 0 Å². The second kappa shape index (κ2) is 14.9. The summed E-state index contributed by atoms with van der Waals surface area (Å²) in [5, 5.41) is 0. The Morgan fingerprint density at radius 1 is 0.469 bits per heavy atom. The molecule has 0 spiro atoms. The monoisotopic (exact) mass is 473 g/mol. The van der Waals surface area contributed by atoms with Gasteiger partial charge in [0.1, 0.15) is 0 Å². The van der Waals surface area contributed by atoms with Crippen LogP contribution in [0.4, 0.5) is 0 Å². The second-order valence-electron chi connectivity index (χ2n) is 7.34. The molecule has 3 nitrogen and oxygen atoms in total. The van der Waals surface area contributed by atoms with Crippen molar-refractivity contribution in [3.05, 3.63) is 121 Å². The van der Waals surface area contributed by atoms with Gasteiger partial charge < -0.3 is 0 Å². The van der Waals surface area contributed by atoms with E-state index in [0.717, 1.165) is 0 Å². The summed E-state index contributed by atoms with van der Waals surface area (Å²) in [7, 11) is -2.87. The molecule has 32 heavy (non-hydrogen) atoms. The van der Waals surface area contributed by atoms with Gasteiger partial charge in [0.05, 0.1) is 0 Å². The first-order valence-electron chi connectivity index (χ1n) is 10.5. The van der Waals surface area contributed by atoms with Gasteiger partial charge in [-0.05, 0) is 0 Å². The standard InChI is InChI=1S/4C6H5.2CH3.2Al.HO3P/c4*1-2-4-6-5-3-1;;;;;1-4(2)3/h4*1-5H;2*1H3;;;(H-,1,2,3)/p+1. The minimum absolute atomic E-state index is 0.919. The zero-order valence-electron chi connectivity index (χ0n) is 18.5. The lowest BCUT2D eigenvalue weighted by Gasteiger charge is -2.06. The molecule has 0 unspecified atom stereocenters. The molecule has 0 heterocycles. The molecule has 6 heteroatoms. The first-order valence-corrected chi connectivity index (χ1v) is 16.3. The van der Waals surface area contributed by atoms with Crippen molar-refractivity contribution < 1.29 is 14.4 Å². The molecule has 0 aliphatic heterocycles. The molecule has 0 bridgehead atoms. The number of hydrogen-bond donors (Lipinski definition) is 2. The highest BCUT2D eigenvalue weighted by molar-refractivity contribution is 7.30. The van der Waals surface area contributed by atoms with E-state index < -0.39 is 36.6 Å². The van der Waals surface area contributed by atoms with Crippen molar-refractivity contribution in [2.24, 2.45) is 0 Å².